The van der Waals surface area contributed by atoms with Crippen LogP contribution < -0.4 is 10.5 Å². The number of benzene rings is 2. The number of nitrogen functional groups attached to an aromatic ring is 1. The Morgan fingerprint density at radius 3 is 2.32 bits per heavy atom. The molecule has 0 aliphatic heterocycles. The third-order valence-corrected chi connectivity index (χ3v) is 2.85. The van der Waals surface area contributed by atoms with E-state index in [0.717, 1.165) is 16.9 Å². The third-order valence-electron chi connectivity index (χ3n) is 2.85. The van der Waals surface area contributed by atoms with Gasteiger partial charge in [-0.3, -0.25) is 0 Å². The number of carbonyl (C=O) groups excluding carboxylic acids is 1. The Hall–Kier alpha value is -2.49. The summed E-state index contributed by atoms with van der Waals surface area (Å²) in [6, 6.07) is 12.6. The van der Waals surface area contributed by atoms with Crippen LogP contribution in [0.25, 0.3) is 11.1 Å². The second-order valence-corrected chi connectivity index (χ2v) is 4.03. The number of methoxy groups -OCH3 is 2. The molecule has 19 heavy (non-hydrogen) atoms. The summed E-state index contributed by atoms with van der Waals surface area (Å²) in [5, 5.41) is 0. The van der Waals surface area contributed by atoms with Crippen LogP contribution in [0, 0.1) is 0 Å². The quantitative estimate of drug-likeness (QED) is 0.678. The Morgan fingerprint density at radius 1 is 1.05 bits per heavy atom. The average Bonchev–Trinajstić information content (AvgIpc) is 2.46. The molecule has 0 heterocycles. The maximum atomic E-state index is 11.8. The van der Waals surface area contributed by atoms with Crippen molar-refractivity contribution < 1.29 is 14.3 Å². The lowest BCUT2D eigenvalue weighted by Gasteiger charge is -2.09. The van der Waals surface area contributed by atoms with E-state index in [1.54, 1.807) is 19.2 Å². The van der Waals surface area contributed by atoms with Crippen LogP contribution in [0.2, 0.25) is 0 Å². The van der Waals surface area contributed by atoms with E-state index in [0.29, 0.717) is 11.3 Å². The maximum absolute atomic E-state index is 11.8. The van der Waals surface area contributed by atoms with E-state index >= 15 is 0 Å². The fraction of sp³-hybridized carbons (Fsp3) is 0.133. The van der Waals surface area contributed by atoms with Gasteiger partial charge in [-0.05, 0) is 35.4 Å². The van der Waals surface area contributed by atoms with E-state index in [9.17, 15) is 4.79 Å². The number of hydrogen-bond acceptors (Lipinski definition) is 4. The first-order chi connectivity index (χ1) is 9.15. The molecule has 0 spiro atoms. The van der Waals surface area contributed by atoms with Crippen molar-refractivity contribution in [3.8, 4) is 16.9 Å². The van der Waals surface area contributed by atoms with Gasteiger partial charge in [0.25, 0.3) is 0 Å². The van der Waals surface area contributed by atoms with E-state index in [1.807, 2.05) is 30.3 Å². The summed E-state index contributed by atoms with van der Waals surface area (Å²) in [7, 11) is 2.96. The Kier molecular flexibility index (Phi) is 3.71. The second-order valence-electron chi connectivity index (χ2n) is 4.03. The molecule has 0 fully saturated rings. The molecule has 0 saturated carbocycles. The van der Waals surface area contributed by atoms with Crippen LogP contribution in [0.1, 0.15) is 10.4 Å². The molecular formula is C15H15NO3. The lowest BCUT2D eigenvalue weighted by atomic mass is 9.99. The zero-order valence-corrected chi connectivity index (χ0v) is 10.8. The van der Waals surface area contributed by atoms with Crippen molar-refractivity contribution in [2.75, 3.05) is 20.0 Å². The standard InChI is InChI=1S/C15H15NO3/c1-18-12-6-3-10(4-7-12)13-8-5-11(16)9-14(13)15(17)19-2/h3-9H,16H2,1-2H3. The molecule has 98 valence electrons. The number of rotatable bonds is 3. The van der Waals surface area contributed by atoms with E-state index in [4.69, 9.17) is 15.2 Å². The maximum Gasteiger partial charge on any atom is 0.338 e. The largest absolute Gasteiger partial charge is 0.497 e. The Morgan fingerprint density at radius 2 is 1.74 bits per heavy atom. The minimum absolute atomic E-state index is 0.405. The lowest BCUT2D eigenvalue weighted by molar-refractivity contribution is 0.0601. The van der Waals surface area contributed by atoms with Gasteiger partial charge in [-0.1, -0.05) is 18.2 Å². The topological polar surface area (TPSA) is 61.5 Å². The van der Waals surface area contributed by atoms with Gasteiger partial charge in [0, 0.05) is 5.69 Å². The summed E-state index contributed by atoms with van der Waals surface area (Å²) in [5.74, 6) is 0.358. The van der Waals surface area contributed by atoms with Crippen LogP contribution in [-0.2, 0) is 4.74 Å². The fourth-order valence-corrected chi connectivity index (χ4v) is 1.86. The van der Waals surface area contributed by atoms with E-state index in [2.05, 4.69) is 0 Å². The first kappa shape index (κ1) is 13.0. The number of nitrogens with two attached hydrogens (primary N) is 1. The summed E-state index contributed by atoms with van der Waals surface area (Å²) >= 11 is 0. The smallest absolute Gasteiger partial charge is 0.338 e. The molecule has 0 amide bonds. The summed E-state index contributed by atoms with van der Waals surface area (Å²) < 4.78 is 9.89. The van der Waals surface area contributed by atoms with Crippen molar-refractivity contribution >= 4 is 11.7 Å². The average molecular weight is 257 g/mol. The molecule has 0 saturated heterocycles. The van der Waals surface area contributed by atoms with Crippen molar-refractivity contribution in [1.29, 1.82) is 0 Å². The van der Waals surface area contributed by atoms with Crippen molar-refractivity contribution in [2.24, 2.45) is 0 Å². The predicted molar refractivity (Wildman–Crippen MR) is 74.2 cm³/mol. The van der Waals surface area contributed by atoms with Gasteiger partial charge in [0.15, 0.2) is 0 Å². The fourth-order valence-electron chi connectivity index (χ4n) is 1.86. The molecule has 0 unspecified atom stereocenters. The van der Waals surface area contributed by atoms with Crippen LogP contribution >= 0.6 is 0 Å². The minimum Gasteiger partial charge on any atom is -0.497 e. The zero-order chi connectivity index (χ0) is 13.8. The highest BCUT2D eigenvalue weighted by atomic mass is 16.5. The highest BCUT2D eigenvalue weighted by molar-refractivity contribution is 5.98. The van der Waals surface area contributed by atoms with Crippen LogP contribution in [0.15, 0.2) is 42.5 Å². The monoisotopic (exact) mass is 257 g/mol. The zero-order valence-electron chi connectivity index (χ0n) is 10.8. The van der Waals surface area contributed by atoms with Crippen molar-refractivity contribution in [3.63, 3.8) is 0 Å². The van der Waals surface area contributed by atoms with E-state index < -0.39 is 5.97 Å². The first-order valence-corrected chi connectivity index (χ1v) is 5.78. The molecule has 0 atom stereocenters. The first-order valence-electron chi connectivity index (χ1n) is 5.78. The van der Waals surface area contributed by atoms with Gasteiger partial charge in [-0.15, -0.1) is 0 Å². The molecule has 4 nitrogen and oxygen atoms in total. The van der Waals surface area contributed by atoms with E-state index in [1.165, 1.54) is 7.11 Å². The number of ether oxygens (including phenoxy) is 2. The highest BCUT2D eigenvalue weighted by Gasteiger charge is 2.13. The summed E-state index contributed by atoms with van der Waals surface area (Å²) in [6.07, 6.45) is 0. The minimum atomic E-state index is -0.405. The summed E-state index contributed by atoms with van der Waals surface area (Å²) in [4.78, 5) is 11.8. The summed E-state index contributed by atoms with van der Waals surface area (Å²) in [5.41, 5.74) is 8.38. The van der Waals surface area contributed by atoms with Crippen LogP contribution in [0.4, 0.5) is 5.69 Å². The normalized spacial score (nSPS) is 10.0. The van der Waals surface area contributed by atoms with Gasteiger partial charge in [0.2, 0.25) is 0 Å². The SMILES string of the molecule is COC(=O)c1cc(N)ccc1-c1ccc(OC)cc1. The number of anilines is 1. The summed E-state index contributed by atoms with van der Waals surface area (Å²) in [6.45, 7) is 0. The predicted octanol–water partition coefficient (Wildman–Crippen LogP) is 2.73. The molecule has 2 N–H and O–H groups in total. The van der Waals surface area contributed by atoms with Crippen molar-refractivity contribution in [1.82, 2.24) is 0 Å². The molecule has 2 rings (SSSR count). The molecule has 0 aromatic heterocycles. The molecule has 0 radical (unpaired) electrons. The molecule has 0 bridgehead atoms. The number of carbonyl (C=O) groups is 1. The molecule has 0 aliphatic carbocycles. The Labute approximate surface area is 111 Å². The van der Waals surface area contributed by atoms with Crippen LogP contribution in [0.3, 0.4) is 0 Å². The number of esters is 1. The van der Waals surface area contributed by atoms with Crippen LogP contribution in [-0.4, -0.2) is 20.2 Å². The van der Waals surface area contributed by atoms with Gasteiger partial charge in [0.05, 0.1) is 19.8 Å². The van der Waals surface area contributed by atoms with E-state index in [-0.39, 0.29) is 0 Å². The molecule has 2 aromatic carbocycles. The molecular weight excluding hydrogens is 242 g/mol. The van der Waals surface area contributed by atoms with Gasteiger partial charge in [-0.2, -0.15) is 0 Å². The van der Waals surface area contributed by atoms with Gasteiger partial charge in [0.1, 0.15) is 5.75 Å². The van der Waals surface area contributed by atoms with Crippen molar-refractivity contribution in [2.45, 2.75) is 0 Å². The third kappa shape index (κ3) is 2.68. The Bertz CT molecular complexity index is 591. The Balaban J connectivity index is 2.51. The molecule has 0 aliphatic rings. The second kappa shape index (κ2) is 5.44. The van der Waals surface area contributed by atoms with Gasteiger partial charge >= 0.3 is 5.97 Å². The molecule has 4 heteroatoms. The highest BCUT2D eigenvalue weighted by Crippen LogP contribution is 2.27. The number of hydrogen-bond donors (Lipinski definition) is 1. The van der Waals surface area contributed by atoms with Gasteiger partial charge in [-0.25, -0.2) is 4.79 Å². The van der Waals surface area contributed by atoms with Crippen LogP contribution in [0.5, 0.6) is 5.75 Å². The molecule has 2 aromatic rings. The van der Waals surface area contributed by atoms with Gasteiger partial charge < -0.3 is 15.2 Å². The lowest BCUT2D eigenvalue weighted by Crippen LogP contribution is -2.04. The van der Waals surface area contributed by atoms with Crippen molar-refractivity contribution in [3.05, 3.63) is 48.0 Å².